The lowest BCUT2D eigenvalue weighted by Crippen LogP contribution is -2.10. The van der Waals surface area contributed by atoms with E-state index in [1.54, 1.807) is 0 Å². The van der Waals surface area contributed by atoms with Crippen molar-refractivity contribution in [2.75, 3.05) is 13.2 Å². The predicted molar refractivity (Wildman–Crippen MR) is 44.7 cm³/mol. The average molecular weight is 172 g/mol. The normalized spacial score (nSPS) is 33.1. The first-order valence-corrected chi connectivity index (χ1v) is 4.50. The second kappa shape index (κ2) is 3.90. The Morgan fingerprint density at radius 2 is 2.00 bits per heavy atom. The molecule has 0 aromatic carbocycles. The molecule has 0 unspecified atom stereocenters. The third-order valence-corrected chi connectivity index (χ3v) is 2.22. The smallest absolute Gasteiger partial charge is 0.311 e. The molecule has 3 heteroatoms. The number of rotatable bonds is 4. The van der Waals surface area contributed by atoms with Crippen LogP contribution in [0.4, 0.5) is 0 Å². The Balaban J connectivity index is 2.31. The van der Waals surface area contributed by atoms with Gasteiger partial charge in [0.25, 0.3) is 0 Å². The maximum Gasteiger partial charge on any atom is 0.311 e. The Morgan fingerprint density at radius 3 is 2.50 bits per heavy atom. The number of carbonyl (C=O) groups excluding carboxylic acids is 1. The molecule has 1 saturated carbocycles. The third kappa shape index (κ3) is 1.78. The Hall–Kier alpha value is -0.570. The topological polar surface area (TPSA) is 35.5 Å². The van der Waals surface area contributed by atoms with Gasteiger partial charge in [0.1, 0.15) is 0 Å². The fourth-order valence-corrected chi connectivity index (χ4v) is 1.46. The van der Waals surface area contributed by atoms with Gasteiger partial charge in [0.05, 0.1) is 18.6 Å². The molecule has 0 N–H and O–H groups in total. The van der Waals surface area contributed by atoms with Gasteiger partial charge in [-0.05, 0) is 19.8 Å². The summed E-state index contributed by atoms with van der Waals surface area (Å²) in [5, 5.41) is 0. The molecule has 3 nitrogen and oxygen atoms in total. The third-order valence-electron chi connectivity index (χ3n) is 2.22. The van der Waals surface area contributed by atoms with Crippen LogP contribution in [0.15, 0.2) is 0 Å². The summed E-state index contributed by atoms with van der Waals surface area (Å²) in [6, 6.07) is 0. The van der Waals surface area contributed by atoms with Gasteiger partial charge in [-0.15, -0.1) is 0 Å². The number of hydrogen-bond donors (Lipinski definition) is 0. The lowest BCUT2D eigenvalue weighted by Gasteiger charge is -1.99. The zero-order valence-electron chi connectivity index (χ0n) is 7.87. The molecule has 0 bridgehead atoms. The number of hydrogen-bond acceptors (Lipinski definition) is 3. The molecule has 70 valence electrons. The molecule has 0 heterocycles. The van der Waals surface area contributed by atoms with Crippen LogP contribution in [-0.4, -0.2) is 25.3 Å². The largest absolute Gasteiger partial charge is 0.466 e. The first kappa shape index (κ1) is 9.52. The number of esters is 1. The quantitative estimate of drug-likeness (QED) is 0.598. The van der Waals surface area contributed by atoms with E-state index in [1.165, 1.54) is 0 Å². The molecular formula is C9H16O3. The maximum atomic E-state index is 11.2. The molecule has 0 aromatic heterocycles. The van der Waals surface area contributed by atoms with Gasteiger partial charge in [-0.3, -0.25) is 4.79 Å². The molecule has 12 heavy (non-hydrogen) atoms. The van der Waals surface area contributed by atoms with E-state index >= 15 is 0 Å². The van der Waals surface area contributed by atoms with Gasteiger partial charge in [0.15, 0.2) is 0 Å². The molecule has 1 fully saturated rings. The van der Waals surface area contributed by atoms with E-state index in [-0.39, 0.29) is 18.0 Å². The SMILES string of the molecule is CCOC(=O)[C@H]1[C@@H](C)[C@H]1OCC. The maximum absolute atomic E-state index is 11.2. The van der Waals surface area contributed by atoms with Gasteiger partial charge in [0.2, 0.25) is 0 Å². The minimum absolute atomic E-state index is 0.00935. The first-order valence-electron chi connectivity index (χ1n) is 4.50. The summed E-state index contributed by atoms with van der Waals surface area (Å²) < 4.78 is 10.2. The minimum atomic E-state index is -0.108. The van der Waals surface area contributed by atoms with Crippen LogP contribution in [0.3, 0.4) is 0 Å². The summed E-state index contributed by atoms with van der Waals surface area (Å²) in [4.78, 5) is 11.2. The average Bonchev–Trinajstić information content (AvgIpc) is 2.63. The van der Waals surface area contributed by atoms with E-state index in [9.17, 15) is 4.79 Å². The number of carbonyl (C=O) groups is 1. The Labute approximate surface area is 73.0 Å². The van der Waals surface area contributed by atoms with E-state index in [4.69, 9.17) is 9.47 Å². The minimum Gasteiger partial charge on any atom is -0.466 e. The van der Waals surface area contributed by atoms with Crippen LogP contribution >= 0.6 is 0 Å². The molecular weight excluding hydrogens is 156 g/mol. The van der Waals surface area contributed by atoms with Crippen LogP contribution in [0.25, 0.3) is 0 Å². The van der Waals surface area contributed by atoms with Crippen LogP contribution in [0, 0.1) is 11.8 Å². The highest BCUT2D eigenvalue weighted by atomic mass is 16.5. The monoisotopic (exact) mass is 172 g/mol. The highest BCUT2D eigenvalue weighted by Gasteiger charge is 2.53. The van der Waals surface area contributed by atoms with Gasteiger partial charge in [0, 0.05) is 6.61 Å². The van der Waals surface area contributed by atoms with Crippen LogP contribution < -0.4 is 0 Å². The van der Waals surface area contributed by atoms with Crippen molar-refractivity contribution in [2.45, 2.75) is 26.9 Å². The molecule has 0 spiro atoms. The zero-order chi connectivity index (χ0) is 9.14. The molecule has 0 saturated heterocycles. The van der Waals surface area contributed by atoms with Crippen molar-refractivity contribution in [2.24, 2.45) is 11.8 Å². The van der Waals surface area contributed by atoms with Gasteiger partial charge in [-0.2, -0.15) is 0 Å². The number of ether oxygens (including phenoxy) is 2. The van der Waals surface area contributed by atoms with E-state index in [0.717, 1.165) is 0 Å². The van der Waals surface area contributed by atoms with Gasteiger partial charge in [-0.1, -0.05) is 6.92 Å². The first-order chi connectivity index (χ1) is 5.72. The van der Waals surface area contributed by atoms with E-state index in [2.05, 4.69) is 0 Å². The fraction of sp³-hybridized carbons (Fsp3) is 0.889. The second-order valence-corrected chi connectivity index (χ2v) is 3.06. The Morgan fingerprint density at radius 1 is 1.33 bits per heavy atom. The predicted octanol–water partition coefficient (Wildman–Crippen LogP) is 1.22. The Kier molecular flexibility index (Phi) is 3.09. The lowest BCUT2D eigenvalue weighted by atomic mass is 10.3. The molecule has 3 atom stereocenters. The molecule has 0 aromatic rings. The standard InChI is InChI=1S/C9H16O3/c1-4-11-8-6(3)7(8)9(10)12-5-2/h6-8H,4-5H2,1-3H3/t6-,7+,8-/m1/s1. The molecule has 0 aliphatic heterocycles. The molecule has 0 radical (unpaired) electrons. The Bertz CT molecular complexity index is 167. The van der Waals surface area contributed by atoms with Crippen molar-refractivity contribution in [3.8, 4) is 0 Å². The van der Waals surface area contributed by atoms with Gasteiger partial charge < -0.3 is 9.47 Å². The summed E-state index contributed by atoms with van der Waals surface area (Å²) in [6.07, 6.45) is 0.106. The molecule has 1 aliphatic carbocycles. The highest BCUT2D eigenvalue weighted by Crippen LogP contribution is 2.42. The van der Waals surface area contributed by atoms with Crippen molar-refractivity contribution in [3.05, 3.63) is 0 Å². The highest BCUT2D eigenvalue weighted by molar-refractivity contribution is 5.77. The summed E-state index contributed by atoms with van der Waals surface area (Å²) in [5.74, 6) is 0.220. The van der Waals surface area contributed by atoms with Crippen molar-refractivity contribution in [1.29, 1.82) is 0 Å². The van der Waals surface area contributed by atoms with Crippen molar-refractivity contribution < 1.29 is 14.3 Å². The molecule has 1 aliphatic rings. The van der Waals surface area contributed by atoms with Crippen LogP contribution in [-0.2, 0) is 14.3 Å². The fourth-order valence-electron chi connectivity index (χ4n) is 1.46. The van der Waals surface area contributed by atoms with Crippen molar-refractivity contribution >= 4 is 5.97 Å². The van der Waals surface area contributed by atoms with Crippen molar-refractivity contribution in [3.63, 3.8) is 0 Å². The van der Waals surface area contributed by atoms with E-state index in [0.29, 0.717) is 19.1 Å². The summed E-state index contributed by atoms with van der Waals surface area (Å²) in [5.41, 5.74) is 0. The summed E-state index contributed by atoms with van der Waals surface area (Å²) in [6.45, 7) is 6.90. The molecule has 0 amide bonds. The zero-order valence-corrected chi connectivity index (χ0v) is 7.87. The van der Waals surface area contributed by atoms with Crippen molar-refractivity contribution in [1.82, 2.24) is 0 Å². The van der Waals surface area contributed by atoms with E-state index < -0.39 is 0 Å². The van der Waals surface area contributed by atoms with Crippen LogP contribution in [0.2, 0.25) is 0 Å². The van der Waals surface area contributed by atoms with Crippen LogP contribution in [0.5, 0.6) is 0 Å². The summed E-state index contributed by atoms with van der Waals surface area (Å²) in [7, 11) is 0. The van der Waals surface area contributed by atoms with Gasteiger partial charge in [-0.25, -0.2) is 0 Å². The second-order valence-electron chi connectivity index (χ2n) is 3.06. The van der Waals surface area contributed by atoms with Gasteiger partial charge >= 0.3 is 5.97 Å². The lowest BCUT2D eigenvalue weighted by molar-refractivity contribution is -0.145. The molecule has 1 rings (SSSR count). The summed E-state index contributed by atoms with van der Waals surface area (Å²) >= 11 is 0. The van der Waals surface area contributed by atoms with E-state index in [1.807, 2.05) is 20.8 Å². The van der Waals surface area contributed by atoms with Crippen LogP contribution in [0.1, 0.15) is 20.8 Å².